The first-order chi connectivity index (χ1) is 23.8. The van der Waals surface area contributed by atoms with E-state index in [-0.39, 0.29) is 62.3 Å². The summed E-state index contributed by atoms with van der Waals surface area (Å²) in [5.74, 6) is -3.55. The summed E-state index contributed by atoms with van der Waals surface area (Å²) in [4.78, 5) is 77.6. The van der Waals surface area contributed by atoms with Crippen LogP contribution in [0.4, 0.5) is 22.0 Å². The Morgan fingerprint density at radius 3 is 1.31 bits per heavy atom. The summed E-state index contributed by atoms with van der Waals surface area (Å²) in [5.41, 5.74) is -7.57. The smallest absolute Gasteiger partial charge is 0.395 e. The Labute approximate surface area is 297 Å². The lowest BCUT2D eigenvalue weighted by atomic mass is 9.90. The summed E-state index contributed by atoms with van der Waals surface area (Å²) in [5, 5.41) is 18.6. The van der Waals surface area contributed by atoms with Crippen LogP contribution in [0.3, 0.4) is 0 Å². The zero-order valence-corrected chi connectivity index (χ0v) is 30.4. The van der Waals surface area contributed by atoms with Gasteiger partial charge < -0.3 is 5.11 Å². The van der Waals surface area contributed by atoms with Crippen LogP contribution in [0, 0.1) is 16.7 Å². The van der Waals surface area contributed by atoms with Gasteiger partial charge in [-0.2, -0.15) is 50.7 Å². The molecule has 2 aromatic heterocycles. The van der Waals surface area contributed by atoms with E-state index >= 15 is 0 Å². The van der Waals surface area contributed by atoms with Crippen LogP contribution < -0.4 is 34.1 Å². The van der Waals surface area contributed by atoms with E-state index in [1.807, 2.05) is 6.92 Å². The molecular weight excluding hydrogens is 729 g/mol. The molecule has 21 heteroatoms. The van der Waals surface area contributed by atoms with E-state index in [2.05, 4.69) is 6.07 Å². The first-order valence-corrected chi connectivity index (χ1v) is 18.7. The maximum atomic E-state index is 13.9. The van der Waals surface area contributed by atoms with Gasteiger partial charge in [0.05, 0.1) is 24.6 Å². The molecule has 2 aromatic rings. The molecular formula is C30H44F5N7O7S2. The summed E-state index contributed by atoms with van der Waals surface area (Å²) in [7, 11) is 0. The Hall–Kier alpha value is -3.38. The van der Waals surface area contributed by atoms with Gasteiger partial charge in [-0.05, 0) is 75.4 Å². The number of alkyl halides is 5. The van der Waals surface area contributed by atoms with Crippen LogP contribution in [-0.4, -0.2) is 74.2 Å². The van der Waals surface area contributed by atoms with Crippen LogP contribution in [0.2, 0.25) is 0 Å². The first-order valence-electron chi connectivity index (χ1n) is 16.4. The number of hydrogen-bond donors (Lipinski definition) is 1. The molecule has 0 atom stereocenters. The van der Waals surface area contributed by atoms with Gasteiger partial charge in [-0.25, -0.2) is 56.2 Å². The van der Waals surface area contributed by atoms with E-state index in [9.17, 15) is 61.1 Å². The van der Waals surface area contributed by atoms with Gasteiger partial charge in [0.1, 0.15) is 6.54 Å². The number of nitrogens with zero attached hydrogens (tertiary/aromatic N) is 7. The summed E-state index contributed by atoms with van der Waals surface area (Å²) in [6, 6.07) is 2.13. The minimum Gasteiger partial charge on any atom is -0.395 e. The third-order valence-electron chi connectivity index (χ3n) is 7.71. The minimum atomic E-state index is -6.04. The molecule has 0 aliphatic heterocycles. The number of thioether (sulfide) groups is 2. The maximum absolute atomic E-state index is 13.9. The molecule has 0 saturated heterocycles. The highest BCUT2D eigenvalue weighted by Crippen LogP contribution is 2.36. The van der Waals surface area contributed by atoms with Crippen molar-refractivity contribution in [2.45, 2.75) is 111 Å². The average molecular weight is 774 g/mol. The van der Waals surface area contributed by atoms with Crippen LogP contribution in [-0.2, 0) is 39.3 Å². The molecule has 0 bridgehead atoms. The second-order valence-electron chi connectivity index (χ2n) is 12.4. The topological polar surface area (TPSA) is 176 Å². The Balaban J connectivity index is 2.18. The highest BCUT2D eigenvalue weighted by atomic mass is 32.2. The molecule has 1 N–H and O–H groups in total. The van der Waals surface area contributed by atoms with Crippen molar-refractivity contribution < 1.29 is 27.1 Å². The largest absolute Gasteiger partial charge is 0.455 e. The van der Waals surface area contributed by atoms with Crippen LogP contribution in [0.5, 0.6) is 0 Å². The fourth-order valence-electron chi connectivity index (χ4n) is 4.90. The van der Waals surface area contributed by atoms with Gasteiger partial charge in [-0.3, -0.25) is 0 Å². The van der Waals surface area contributed by atoms with Crippen molar-refractivity contribution in [3.05, 3.63) is 62.9 Å². The van der Waals surface area contributed by atoms with Crippen molar-refractivity contribution in [3.8, 4) is 6.07 Å². The van der Waals surface area contributed by atoms with Gasteiger partial charge >= 0.3 is 46.2 Å². The second kappa shape index (κ2) is 19.5. The van der Waals surface area contributed by atoms with E-state index in [0.29, 0.717) is 33.5 Å². The average Bonchev–Trinajstić information content (AvgIpc) is 3.06. The van der Waals surface area contributed by atoms with Gasteiger partial charge in [0.2, 0.25) is 0 Å². The standard InChI is InChI=1S/C30H44F5N7O7S2/c1-4-16-50-17-6-12-39-23(45)40(27(49)42(26(39)48)21-29(31,32)30(33,34)35)13-8-19-51-18-7-11-38-22(44)37(10-5-9-28(2,3)20-36)24(46)41(14-15-43)25(38)47/h43H,4-19,21H2,1-3H3. The molecule has 0 fully saturated rings. The molecule has 0 aromatic carbocycles. The number of rotatable bonds is 22. The second-order valence-corrected chi connectivity index (χ2v) is 14.8. The van der Waals surface area contributed by atoms with E-state index in [1.165, 1.54) is 23.5 Å². The Morgan fingerprint density at radius 1 is 0.608 bits per heavy atom. The fourth-order valence-corrected chi connectivity index (χ4v) is 6.60. The zero-order valence-electron chi connectivity index (χ0n) is 28.8. The lowest BCUT2D eigenvalue weighted by molar-refractivity contribution is -0.287. The highest BCUT2D eigenvalue weighted by molar-refractivity contribution is 7.99. The van der Waals surface area contributed by atoms with Crippen LogP contribution in [0.1, 0.15) is 59.3 Å². The fraction of sp³-hybridized carbons (Fsp3) is 0.767. The van der Waals surface area contributed by atoms with Crippen molar-refractivity contribution in [1.82, 2.24) is 27.4 Å². The Kier molecular flexibility index (Phi) is 16.7. The molecule has 0 aliphatic carbocycles. The number of aliphatic hydroxyl groups is 1. The molecule has 0 radical (unpaired) electrons. The van der Waals surface area contributed by atoms with E-state index in [4.69, 9.17) is 0 Å². The predicted molar refractivity (Wildman–Crippen MR) is 184 cm³/mol. The van der Waals surface area contributed by atoms with Crippen LogP contribution >= 0.6 is 23.5 Å². The lowest BCUT2D eigenvalue weighted by Crippen LogP contribution is -2.57. The molecule has 2 rings (SSSR count). The third kappa shape index (κ3) is 11.8. The monoisotopic (exact) mass is 773 g/mol. The lowest BCUT2D eigenvalue weighted by Gasteiger charge is -2.21. The van der Waals surface area contributed by atoms with E-state index in [1.54, 1.807) is 13.8 Å². The van der Waals surface area contributed by atoms with E-state index in [0.717, 1.165) is 25.9 Å². The summed E-state index contributed by atoms with van der Waals surface area (Å²) >= 11 is 2.78. The molecule has 2 heterocycles. The number of hydrogen-bond acceptors (Lipinski definition) is 10. The SMILES string of the molecule is CCCSCCCn1c(=O)n(CCCSCCCn2c(=O)n(CCO)c(=O)n(CCCC(C)(C)C#N)c2=O)c(=O)n(CC(F)(F)C(F)(F)F)c1=O. The van der Waals surface area contributed by atoms with Gasteiger partial charge in [0.25, 0.3) is 0 Å². The summed E-state index contributed by atoms with van der Waals surface area (Å²) in [6.45, 7) is 1.39. The van der Waals surface area contributed by atoms with Crippen molar-refractivity contribution in [2.24, 2.45) is 5.41 Å². The molecule has 0 saturated carbocycles. The van der Waals surface area contributed by atoms with Gasteiger partial charge in [-0.15, -0.1) is 0 Å². The van der Waals surface area contributed by atoms with Crippen LogP contribution in [0.15, 0.2) is 28.8 Å². The first kappa shape index (κ1) is 43.8. The Bertz CT molecular complexity index is 1870. The Morgan fingerprint density at radius 2 is 0.961 bits per heavy atom. The molecule has 51 heavy (non-hydrogen) atoms. The minimum absolute atomic E-state index is 0.0523. The van der Waals surface area contributed by atoms with Gasteiger partial charge in [0, 0.05) is 26.2 Å². The van der Waals surface area contributed by atoms with Crippen molar-refractivity contribution in [3.63, 3.8) is 0 Å². The van der Waals surface area contributed by atoms with Gasteiger partial charge in [0.15, 0.2) is 0 Å². The number of aromatic nitrogens is 6. The number of halogens is 5. The molecule has 0 aliphatic rings. The molecule has 288 valence electrons. The quantitative estimate of drug-likeness (QED) is 0.138. The predicted octanol–water partition coefficient (Wildman–Crippen LogP) is 1.92. The molecule has 0 spiro atoms. The van der Waals surface area contributed by atoms with Crippen LogP contribution in [0.25, 0.3) is 0 Å². The highest BCUT2D eigenvalue weighted by Gasteiger charge is 2.58. The van der Waals surface area contributed by atoms with E-state index < -0.39 is 64.8 Å². The van der Waals surface area contributed by atoms with Crippen molar-refractivity contribution in [1.29, 1.82) is 5.26 Å². The molecule has 0 unspecified atom stereocenters. The molecule has 0 amide bonds. The number of aliphatic hydroxyl groups excluding tert-OH is 1. The normalized spacial score (nSPS) is 12.4. The summed E-state index contributed by atoms with van der Waals surface area (Å²) < 4.78 is 70.0. The number of nitriles is 1. The molecule has 14 nitrogen and oxygen atoms in total. The van der Waals surface area contributed by atoms with Crippen molar-refractivity contribution >= 4 is 23.5 Å². The van der Waals surface area contributed by atoms with Gasteiger partial charge in [-0.1, -0.05) is 6.92 Å². The van der Waals surface area contributed by atoms with Crippen molar-refractivity contribution in [2.75, 3.05) is 29.6 Å². The maximum Gasteiger partial charge on any atom is 0.455 e. The summed E-state index contributed by atoms with van der Waals surface area (Å²) in [6.07, 6.45) is -3.95. The third-order valence-corrected chi connectivity index (χ3v) is 10.1. The zero-order chi connectivity index (χ0) is 38.6.